The minimum Gasteiger partial charge on any atom is -0.380 e. The number of anilines is 1. The van der Waals surface area contributed by atoms with Crippen molar-refractivity contribution in [3.05, 3.63) is 64.2 Å². The lowest BCUT2D eigenvalue weighted by atomic mass is 10.2. The molecule has 1 saturated heterocycles. The largest absolute Gasteiger partial charge is 0.380 e. The smallest absolute Gasteiger partial charge is 0.270 e. The molecular formula is C17H19N3O5S. The van der Waals surface area contributed by atoms with E-state index in [0.29, 0.717) is 25.4 Å². The van der Waals surface area contributed by atoms with E-state index in [0.717, 1.165) is 11.6 Å². The SMILES string of the molecule is O=[N+]([O-])c1ccc(NCc2ccccc2)c(S(=O)(=O)N2CCOCC2)c1. The number of morpholine rings is 1. The van der Waals surface area contributed by atoms with Gasteiger partial charge in [-0.1, -0.05) is 30.3 Å². The predicted molar refractivity (Wildman–Crippen MR) is 96.4 cm³/mol. The quantitative estimate of drug-likeness (QED) is 0.612. The first-order valence-electron chi connectivity index (χ1n) is 8.12. The van der Waals surface area contributed by atoms with Crippen LogP contribution in [-0.2, 0) is 21.3 Å². The van der Waals surface area contributed by atoms with Gasteiger partial charge in [0.2, 0.25) is 10.0 Å². The second-order valence-electron chi connectivity index (χ2n) is 5.79. The Hall–Kier alpha value is -2.49. The van der Waals surface area contributed by atoms with Crippen LogP contribution in [0, 0.1) is 10.1 Å². The molecule has 2 aromatic carbocycles. The van der Waals surface area contributed by atoms with Crippen LogP contribution in [0.4, 0.5) is 11.4 Å². The normalized spacial score (nSPS) is 15.5. The zero-order valence-corrected chi connectivity index (χ0v) is 14.8. The van der Waals surface area contributed by atoms with E-state index in [-0.39, 0.29) is 23.7 Å². The molecule has 0 unspecified atom stereocenters. The Balaban J connectivity index is 1.94. The maximum atomic E-state index is 13.0. The number of non-ortho nitro benzene ring substituents is 1. The highest BCUT2D eigenvalue weighted by Crippen LogP contribution is 2.29. The van der Waals surface area contributed by atoms with Crippen LogP contribution < -0.4 is 5.32 Å². The van der Waals surface area contributed by atoms with Crippen molar-refractivity contribution in [1.29, 1.82) is 0 Å². The average molecular weight is 377 g/mol. The topological polar surface area (TPSA) is 102 Å². The Morgan fingerprint density at radius 1 is 1.12 bits per heavy atom. The van der Waals surface area contributed by atoms with E-state index in [1.807, 2.05) is 30.3 Å². The fraction of sp³-hybridized carbons (Fsp3) is 0.294. The van der Waals surface area contributed by atoms with Crippen LogP contribution in [-0.4, -0.2) is 43.9 Å². The van der Waals surface area contributed by atoms with Crippen LogP contribution in [0.3, 0.4) is 0 Å². The third-order valence-electron chi connectivity index (χ3n) is 4.09. The molecule has 1 fully saturated rings. The van der Waals surface area contributed by atoms with Crippen molar-refractivity contribution in [3.8, 4) is 0 Å². The first kappa shape index (κ1) is 18.3. The number of nitro benzene ring substituents is 1. The van der Waals surface area contributed by atoms with E-state index >= 15 is 0 Å². The molecule has 2 aromatic rings. The second-order valence-corrected chi connectivity index (χ2v) is 7.70. The van der Waals surface area contributed by atoms with Gasteiger partial charge in [-0.25, -0.2) is 8.42 Å². The van der Waals surface area contributed by atoms with Gasteiger partial charge < -0.3 is 10.1 Å². The molecular weight excluding hydrogens is 358 g/mol. The number of nitrogens with one attached hydrogen (secondary N) is 1. The average Bonchev–Trinajstić information content (AvgIpc) is 2.67. The molecule has 138 valence electrons. The number of benzene rings is 2. The van der Waals surface area contributed by atoms with Gasteiger partial charge >= 0.3 is 0 Å². The predicted octanol–water partition coefficient (Wildman–Crippen LogP) is 2.23. The summed E-state index contributed by atoms with van der Waals surface area (Å²) in [5.74, 6) is 0. The molecule has 0 aliphatic carbocycles. The van der Waals surface area contributed by atoms with Crippen molar-refractivity contribution in [2.45, 2.75) is 11.4 Å². The fourth-order valence-electron chi connectivity index (χ4n) is 2.70. The lowest BCUT2D eigenvalue weighted by Gasteiger charge is -2.27. The van der Waals surface area contributed by atoms with Crippen LogP contribution in [0.15, 0.2) is 53.4 Å². The molecule has 1 aliphatic rings. The zero-order valence-electron chi connectivity index (χ0n) is 14.0. The Morgan fingerprint density at radius 2 is 1.81 bits per heavy atom. The summed E-state index contributed by atoms with van der Waals surface area (Å²) in [6.07, 6.45) is 0. The highest BCUT2D eigenvalue weighted by Gasteiger charge is 2.30. The number of sulfonamides is 1. The van der Waals surface area contributed by atoms with Crippen molar-refractivity contribution in [1.82, 2.24) is 4.31 Å². The zero-order chi connectivity index (χ0) is 18.6. The van der Waals surface area contributed by atoms with Gasteiger partial charge in [-0.05, 0) is 11.6 Å². The number of hydrogen-bond acceptors (Lipinski definition) is 6. The molecule has 1 aliphatic heterocycles. The van der Waals surface area contributed by atoms with Crippen molar-refractivity contribution in [3.63, 3.8) is 0 Å². The molecule has 0 saturated carbocycles. The van der Waals surface area contributed by atoms with Gasteiger partial charge in [-0.2, -0.15) is 4.31 Å². The summed E-state index contributed by atoms with van der Waals surface area (Å²) in [7, 11) is -3.87. The third-order valence-corrected chi connectivity index (χ3v) is 6.03. The van der Waals surface area contributed by atoms with Crippen molar-refractivity contribution < 1.29 is 18.1 Å². The molecule has 0 atom stereocenters. The van der Waals surface area contributed by atoms with Gasteiger partial charge in [0, 0.05) is 31.8 Å². The minimum atomic E-state index is -3.87. The van der Waals surface area contributed by atoms with E-state index in [1.165, 1.54) is 16.4 Å². The van der Waals surface area contributed by atoms with Crippen LogP contribution in [0.5, 0.6) is 0 Å². The molecule has 0 amide bonds. The summed E-state index contributed by atoms with van der Waals surface area (Å²) in [5.41, 5.74) is 1.05. The molecule has 9 heteroatoms. The number of nitrogens with zero attached hydrogens (tertiary/aromatic N) is 2. The van der Waals surface area contributed by atoms with Gasteiger partial charge in [0.25, 0.3) is 5.69 Å². The summed E-state index contributed by atoms with van der Waals surface area (Å²) < 4.78 is 32.5. The second kappa shape index (κ2) is 7.81. The van der Waals surface area contributed by atoms with E-state index < -0.39 is 14.9 Å². The number of rotatable bonds is 6. The van der Waals surface area contributed by atoms with E-state index in [1.54, 1.807) is 0 Å². The minimum absolute atomic E-state index is 0.0930. The summed E-state index contributed by atoms with van der Waals surface area (Å²) in [6, 6.07) is 13.3. The van der Waals surface area contributed by atoms with Crippen LogP contribution in [0.25, 0.3) is 0 Å². The van der Waals surface area contributed by atoms with Gasteiger partial charge in [0.05, 0.1) is 23.8 Å². The third kappa shape index (κ3) is 4.01. The van der Waals surface area contributed by atoms with Crippen LogP contribution >= 0.6 is 0 Å². The fourth-order valence-corrected chi connectivity index (χ4v) is 4.30. The molecule has 8 nitrogen and oxygen atoms in total. The van der Waals surface area contributed by atoms with Gasteiger partial charge in [0.1, 0.15) is 4.90 Å². The van der Waals surface area contributed by atoms with Crippen LogP contribution in [0.1, 0.15) is 5.56 Å². The Kier molecular flexibility index (Phi) is 5.50. The van der Waals surface area contributed by atoms with Gasteiger partial charge in [-0.15, -0.1) is 0 Å². The molecule has 3 rings (SSSR count). The van der Waals surface area contributed by atoms with E-state index in [2.05, 4.69) is 5.32 Å². The molecule has 0 radical (unpaired) electrons. The summed E-state index contributed by atoms with van der Waals surface area (Å²) >= 11 is 0. The number of nitro groups is 1. The first-order valence-corrected chi connectivity index (χ1v) is 9.56. The molecule has 26 heavy (non-hydrogen) atoms. The lowest BCUT2D eigenvalue weighted by Crippen LogP contribution is -2.40. The summed E-state index contributed by atoms with van der Waals surface area (Å²) in [4.78, 5) is 10.4. The molecule has 0 spiro atoms. The highest BCUT2D eigenvalue weighted by molar-refractivity contribution is 7.89. The Bertz CT molecular complexity index is 881. The first-order chi connectivity index (χ1) is 12.5. The standard InChI is InChI=1S/C17H19N3O5S/c21-20(22)15-6-7-16(18-13-14-4-2-1-3-5-14)17(12-15)26(23,24)19-8-10-25-11-9-19/h1-7,12,18H,8-11,13H2. The molecule has 0 aromatic heterocycles. The Labute approximate surface area is 151 Å². The number of hydrogen-bond donors (Lipinski definition) is 1. The van der Waals surface area contributed by atoms with Gasteiger partial charge in [0.15, 0.2) is 0 Å². The summed E-state index contributed by atoms with van der Waals surface area (Å²) in [5, 5.41) is 14.2. The lowest BCUT2D eigenvalue weighted by molar-refractivity contribution is -0.385. The summed E-state index contributed by atoms with van der Waals surface area (Å²) in [6.45, 7) is 1.47. The van der Waals surface area contributed by atoms with Crippen molar-refractivity contribution in [2.24, 2.45) is 0 Å². The maximum Gasteiger partial charge on any atom is 0.270 e. The van der Waals surface area contributed by atoms with Gasteiger partial charge in [-0.3, -0.25) is 10.1 Å². The number of ether oxygens (including phenoxy) is 1. The van der Waals surface area contributed by atoms with Crippen LogP contribution in [0.2, 0.25) is 0 Å². The van der Waals surface area contributed by atoms with E-state index in [4.69, 9.17) is 4.74 Å². The maximum absolute atomic E-state index is 13.0. The van der Waals surface area contributed by atoms with Crippen molar-refractivity contribution >= 4 is 21.4 Å². The molecule has 1 heterocycles. The Morgan fingerprint density at radius 3 is 2.46 bits per heavy atom. The van der Waals surface area contributed by atoms with Crippen molar-refractivity contribution in [2.75, 3.05) is 31.6 Å². The monoisotopic (exact) mass is 377 g/mol. The molecule has 1 N–H and O–H groups in total. The highest BCUT2D eigenvalue weighted by atomic mass is 32.2. The molecule has 0 bridgehead atoms. The van der Waals surface area contributed by atoms with E-state index in [9.17, 15) is 18.5 Å².